The highest BCUT2D eigenvalue weighted by atomic mass is 32.2. The van der Waals surface area contributed by atoms with Crippen LogP contribution in [0.4, 0.5) is 11.5 Å². The van der Waals surface area contributed by atoms with Gasteiger partial charge in [0, 0.05) is 19.8 Å². The van der Waals surface area contributed by atoms with Crippen molar-refractivity contribution in [1.82, 2.24) is 14.3 Å². The van der Waals surface area contributed by atoms with E-state index in [0.717, 1.165) is 4.31 Å². The molecule has 9 nitrogen and oxygen atoms in total. The molecule has 0 aliphatic carbocycles. The summed E-state index contributed by atoms with van der Waals surface area (Å²) >= 11 is 1.18. The second-order valence-electron chi connectivity index (χ2n) is 5.10. The molecule has 0 spiro atoms. The number of aromatic nitrogens is 2. The van der Waals surface area contributed by atoms with E-state index >= 15 is 0 Å². The highest BCUT2D eigenvalue weighted by molar-refractivity contribution is 7.98. The van der Waals surface area contributed by atoms with Crippen LogP contribution >= 0.6 is 11.8 Å². The van der Waals surface area contributed by atoms with Crippen LogP contribution in [0.5, 0.6) is 0 Å². The van der Waals surface area contributed by atoms with Gasteiger partial charge in [0.15, 0.2) is 11.0 Å². The molecule has 2 aromatic rings. The van der Waals surface area contributed by atoms with Crippen molar-refractivity contribution in [1.29, 1.82) is 0 Å². The molecule has 0 unspecified atom stereocenters. The monoisotopic (exact) mass is 383 g/mol. The van der Waals surface area contributed by atoms with Crippen molar-refractivity contribution < 1.29 is 13.2 Å². The van der Waals surface area contributed by atoms with Crippen LogP contribution in [0.25, 0.3) is 0 Å². The zero-order chi connectivity index (χ0) is 18.8. The standard InChI is InChI=1S/C14H17N5O4S2/c1-19(2)25(22,23)9-6-4-5-8(7-9)16-12-10(11(15)20)13(21)18-14(17-12)24-3/h4-7H,1-3H3,(H2,15,20)(H2,16,17,18,21). The Bertz CT molecular complexity index is 969. The average Bonchev–Trinajstić information content (AvgIpc) is 2.54. The number of nitrogens with one attached hydrogen (secondary N) is 2. The van der Waals surface area contributed by atoms with E-state index in [1.165, 1.54) is 44.1 Å². The van der Waals surface area contributed by atoms with E-state index in [2.05, 4.69) is 15.3 Å². The number of aromatic amines is 1. The fourth-order valence-corrected chi connectivity index (χ4v) is 3.28. The highest BCUT2D eigenvalue weighted by Gasteiger charge is 2.19. The molecule has 0 fully saturated rings. The van der Waals surface area contributed by atoms with Gasteiger partial charge in [-0.2, -0.15) is 0 Å². The lowest BCUT2D eigenvalue weighted by Crippen LogP contribution is -2.26. The van der Waals surface area contributed by atoms with Gasteiger partial charge in [-0.1, -0.05) is 17.8 Å². The predicted molar refractivity (Wildman–Crippen MR) is 95.8 cm³/mol. The van der Waals surface area contributed by atoms with Gasteiger partial charge in [0.1, 0.15) is 5.56 Å². The minimum atomic E-state index is -3.63. The van der Waals surface area contributed by atoms with Crippen LogP contribution in [0.15, 0.2) is 39.1 Å². The number of hydrogen-bond acceptors (Lipinski definition) is 7. The number of primary amides is 1. The van der Waals surface area contributed by atoms with Crippen molar-refractivity contribution in [3.63, 3.8) is 0 Å². The normalized spacial score (nSPS) is 11.5. The molecular formula is C14H17N5O4S2. The summed E-state index contributed by atoms with van der Waals surface area (Å²) in [6.07, 6.45) is 1.70. The van der Waals surface area contributed by atoms with Crippen molar-refractivity contribution in [2.24, 2.45) is 5.73 Å². The Morgan fingerprint density at radius 2 is 2.04 bits per heavy atom. The third-order valence-electron chi connectivity index (χ3n) is 3.21. The van der Waals surface area contributed by atoms with E-state index < -0.39 is 21.5 Å². The first-order valence-electron chi connectivity index (χ1n) is 6.94. The summed E-state index contributed by atoms with van der Waals surface area (Å²) in [4.78, 5) is 30.2. The summed E-state index contributed by atoms with van der Waals surface area (Å²) in [5.41, 5.74) is 4.59. The number of nitrogens with zero attached hydrogens (tertiary/aromatic N) is 2. The highest BCUT2D eigenvalue weighted by Crippen LogP contribution is 2.22. The topological polar surface area (TPSA) is 138 Å². The molecule has 2 rings (SSSR count). The zero-order valence-electron chi connectivity index (χ0n) is 13.7. The number of nitrogens with two attached hydrogens (primary N) is 1. The van der Waals surface area contributed by atoms with Crippen LogP contribution in [0.1, 0.15) is 10.4 Å². The number of carbonyl (C=O) groups is 1. The number of amides is 1. The minimum Gasteiger partial charge on any atom is -0.365 e. The summed E-state index contributed by atoms with van der Waals surface area (Å²) in [5, 5.41) is 3.08. The molecule has 1 heterocycles. The number of H-pyrrole nitrogens is 1. The zero-order valence-corrected chi connectivity index (χ0v) is 15.4. The van der Waals surface area contributed by atoms with Gasteiger partial charge in [0.2, 0.25) is 10.0 Å². The Morgan fingerprint density at radius 1 is 1.36 bits per heavy atom. The Hall–Kier alpha value is -2.37. The smallest absolute Gasteiger partial charge is 0.266 e. The molecule has 4 N–H and O–H groups in total. The largest absolute Gasteiger partial charge is 0.365 e. The van der Waals surface area contributed by atoms with Gasteiger partial charge in [0.25, 0.3) is 11.5 Å². The number of benzene rings is 1. The predicted octanol–water partition coefficient (Wildman–Crippen LogP) is 0.585. The van der Waals surface area contributed by atoms with Gasteiger partial charge < -0.3 is 16.0 Å². The lowest BCUT2D eigenvalue weighted by molar-refractivity contribution is 0.0999. The van der Waals surface area contributed by atoms with Crippen LogP contribution in [0.2, 0.25) is 0 Å². The summed E-state index contributed by atoms with van der Waals surface area (Å²) in [5.74, 6) is -0.985. The van der Waals surface area contributed by atoms with E-state index in [-0.39, 0.29) is 21.4 Å². The fraction of sp³-hybridized carbons (Fsp3) is 0.214. The molecule has 1 aromatic heterocycles. The van der Waals surface area contributed by atoms with Gasteiger partial charge in [-0.15, -0.1) is 0 Å². The first-order valence-corrected chi connectivity index (χ1v) is 9.61. The van der Waals surface area contributed by atoms with E-state index in [1.54, 1.807) is 12.3 Å². The Morgan fingerprint density at radius 3 is 2.60 bits per heavy atom. The third kappa shape index (κ3) is 4.00. The molecule has 0 radical (unpaired) electrons. The van der Waals surface area contributed by atoms with Crippen molar-refractivity contribution in [2.45, 2.75) is 10.1 Å². The molecule has 11 heteroatoms. The Kier molecular flexibility index (Phi) is 5.50. The van der Waals surface area contributed by atoms with E-state index in [9.17, 15) is 18.0 Å². The molecule has 0 saturated heterocycles. The average molecular weight is 383 g/mol. The molecule has 0 aliphatic rings. The SMILES string of the molecule is CSc1nc(Nc2cccc(S(=O)(=O)N(C)C)c2)c(C(N)=O)c(=O)[nH]1. The van der Waals surface area contributed by atoms with Crippen LogP contribution in [0.3, 0.4) is 0 Å². The number of anilines is 2. The molecule has 0 aliphatic heterocycles. The number of sulfonamides is 1. The molecule has 25 heavy (non-hydrogen) atoms. The van der Waals surface area contributed by atoms with Crippen molar-refractivity contribution in [3.05, 3.63) is 40.2 Å². The maximum absolute atomic E-state index is 12.2. The van der Waals surface area contributed by atoms with Crippen LogP contribution in [0, 0.1) is 0 Å². The van der Waals surface area contributed by atoms with E-state index in [4.69, 9.17) is 5.73 Å². The van der Waals surface area contributed by atoms with E-state index in [1.807, 2.05) is 0 Å². The van der Waals surface area contributed by atoms with Crippen LogP contribution in [-0.2, 0) is 10.0 Å². The molecular weight excluding hydrogens is 366 g/mol. The molecule has 1 aromatic carbocycles. The van der Waals surface area contributed by atoms with Crippen molar-refractivity contribution in [3.8, 4) is 0 Å². The number of carbonyl (C=O) groups excluding carboxylic acids is 1. The summed E-state index contributed by atoms with van der Waals surface area (Å²) < 4.78 is 25.5. The molecule has 0 bridgehead atoms. The lowest BCUT2D eigenvalue weighted by atomic mass is 10.2. The fourth-order valence-electron chi connectivity index (χ4n) is 1.95. The first-order chi connectivity index (χ1) is 11.7. The molecule has 0 saturated carbocycles. The summed E-state index contributed by atoms with van der Waals surface area (Å²) in [6, 6.07) is 5.93. The van der Waals surface area contributed by atoms with Gasteiger partial charge >= 0.3 is 0 Å². The quantitative estimate of drug-likeness (QED) is 0.490. The Balaban J connectivity index is 2.52. The van der Waals surface area contributed by atoms with E-state index in [0.29, 0.717) is 5.69 Å². The lowest BCUT2D eigenvalue weighted by Gasteiger charge is -2.14. The Labute approximate surface area is 148 Å². The maximum Gasteiger partial charge on any atom is 0.266 e. The van der Waals surface area contributed by atoms with Gasteiger partial charge in [-0.25, -0.2) is 17.7 Å². The first kappa shape index (κ1) is 19.0. The van der Waals surface area contributed by atoms with Gasteiger partial charge in [-0.3, -0.25) is 9.59 Å². The van der Waals surface area contributed by atoms with Crippen molar-refractivity contribution in [2.75, 3.05) is 25.7 Å². The van der Waals surface area contributed by atoms with Gasteiger partial charge in [-0.05, 0) is 24.5 Å². The summed E-state index contributed by atoms with van der Waals surface area (Å²) in [6.45, 7) is 0. The van der Waals surface area contributed by atoms with Crippen molar-refractivity contribution >= 4 is 39.2 Å². The maximum atomic E-state index is 12.2. The number of thioether (sulfide) groups is 1. The van der Waals surface area contributed by atoms with Crippen LogP contribution < -0.4 is 16.6 Å². The summed E-state index contributed by atoms with van der Waals surface area (Å²) in [7, 11) is -0.789. The molecule has 1 amide bonds. The van der Waals surface area contributed by atoms with Gasteiger partial charge in [0.05, 0.1) is 4.90 Å². The second-order valence-corrected chi connectivity index (χ2v) is 8.05. The van der Waals surface area contributed by atoms with Crippen LogP contribution in [-0.4, -0.2) is 48.9 Å². The molecule has 134 valence electrons. The third-order valence-corrected chi connectivity index (χ3v) is 5.60. The number of rotatable bonds is 6. The second kappa shape index (κ2) is 7.25. The molecule has 0 atom stereocenters. The minimum absolute atomic E-state index is 0.0417. The number of hydrogen-bond donors (Lipinski definition) is 3.